The van der Waals surface area contributed by atoms with E-state index in [0.29, 0.717) is 0 Å². The number of rotatable bonds is 0. The first-order chi connectivity index (χ1) is 5.00. The molecule has 1 heterocycles. The van der Waals surface area contributed by atoms with Gasteiger partial charge in [0, 0.05) is 13.2 Å². The summed E-state index contributed by atoms with van der Waals surface area (Å²) in [6.45, 7) is 2.00. The van der Waals surface area contributed by atoms with Crippen molar-refractivity contribution >= 4 is 0 Å². The molecule has 0 atom stereocenters. The Kier molecular flexibility index (Phi) is 4.61. The highest BCUT2D eigenvalue weighted by Gasteiger charge is 1.95. The molecule has 1 saturated heterocycles. The van der Waals surface area contributed by atoms with Crippen LogP contribution in [0.15, 0.2) is 0 Å². The van der Waals surface area contributed by atoms with Gasteiger partial charge >= 0.3 is 0 Å². The summed E-state index contributed by atoms with van der Waals surface area (Å²) < 4.78 is 5.41. The van der Waals surface area contributed by atoms with E-state index in [1.807, 2.05) is 0 Å². The average molecular weight is 142 g/mol. The van der Waals surface area contributed by atoms with Gasteiger partial charge in [-0.25, -0.2) is 0 Å². The van der Waals surface area contributed by atoms with Crippen molar-refractivity contribution in [2.45, 2.75) is 44.9 Å². The second-order valence-corrected chi connectivity index (χ2v) is 3.09. The number of hydrogen-bond donors (Lipinski definition) is 0. The summed E-state index contributed by atoms with van der Waals surface area (Å²) in [4.78, 5) is 0. The third-order valence-electron chi connectivity index (χ3n) is 2.08. The largest absolute Gasteiger partial charge is 0.381 e. The first-order valence-electron chi connectivity index (χ1n) is 4.58. The predicted molar refractivity (Wildman–Crippen MR) is 43.1 cm³/mol. The second-order valence-electron chi connectivity index (χ2n) is 3.09. The molecule has 1 heteroatoms. The monoisotopic (exact) mass is 142 g/mol. The molecule has 0 bridgehead atoms. The maximum atomic E-state index is 5.41. The van der Waals surface area contributed by atoms with Gasteiger partial charge in [0.2, 0.25) is 0 Å². The molecule has 0 spiro atoms. The van der Waals surface area contributed by atoms with Crippen LogP contribution in [0.2, 0.25) is 0 Å². The lowest BCUT2D eigenvalue weighted by Crippen LogP contribution is -1.98. The lowest BCUT2D eigenvalue weighted by molar-refractivity contribution is 0.123. The summed E-state index contributed by atoms with van der Waals surface area (Å²) in [5, 5.41) is 0. The molecular formula is C9H18O. The topological polar surface area (TPSA) is 9.23 Å². The van der Waals surface area contributed by atoms with E-state index in [2.05, 4.69) is 0 Å². The van der Waals surface area contributed by atoms with Gasteiger partial charge in [-0.15, -0.1) is 0 Å². The van der Waals surface area contributed by atoms with Crippen LogP contribution in [0.1, 0.15) is 44.9 Å². The van der Waals surface area contributed by atoms with Crippen LogP contribution < -0.4 is 0 Å². The van der Waals surface area contributed by atoms with Gasteiger partial charge in [-0.1, -0.05) is 32.1 Å². The Labute approximate surface area is 63.8 Å². The maximum absolute atomic E-state index is 5.41. The summed E-state index contributed by atoms with van der Waals surface area (Å²) in [5.74, 6) is 0. The highest BCUT2D eigenvalue weighted by atomic mass is 16.5. The lowest BCUT2D eigenvalue weighted by atomic mass is 10.1. The van der Waals surface area contributed by atoms with Crippen LogP contribution >= 0.6 is 0 Å². The van der Waals surface area contributed by atoms with Crippen molar-refractivity contribution in [2.75, 3.05) is 13.2 Å². The molecule has 1 rings (SSSR count). The molecule has 0 N–H and O–H groups in total. The number of hydrogen-bond acceptors (Lipinski definition) is 1. The maximum Gasteiger partial charge on any atom is 0.0466 e. The highest BCUT2D eigenvalue weighted by molar-refractivity contribution is 4.48. The van der Waals surface area contributed by atoms with Crippen molar-refractivity contribution in [3.8, 4) is 0 Å². The highest BCUT2D eigenvalue weighted by Crippen LogP contribution is 2.09. The van der Waals surface area contributed by atoms with E-state index in [4.69, 9.17) is 4.74 Å². The molecule has 0 aromatic heterocycles. The fraction of sp³-hybridized carbons (Fsp3) is 1.00. The van der Waals surface area contributed by atoms with E-state index in [-0.39, 0.29) is 0 Å². The van der Waals surface area contributed by atoms with Gasteiger partial charge in [0.25, 0.3) is 0 Å². The molecule has 1 aliphatic heterocycles. The minimum Gasteiger partial charge on any atom is -0.381 e. The molecule has 0 aliphatic carbocycles. The third-order valence-corrected chi connectivity index (χ3v) is 2.08. The quantitative estimate of drug-likeness (QED) is 0.505. The normalized spacial score (nSPS) is 24.0. The summed E-state index contributed by atoms with van der Waals surface area (Å²) in [7, 11) is 0. The smallest absolute Gasteiger partial charge is 0.0466 e. The van der Waals surface area contributed by atoms with Crippen molar-refractivity contribution in [1.82, 2.24) is 0 Å². The van der Waals surface area contributed by atoms with Crippen LogP contribution in [0, 0.1) is 0 Å². The van der Waals surface area contributed by atoms with E-state index in [1.54, 1.807) is 0 Å². The molecule has 1 nitrogen and oxygen atoms in total. The lowest BCUT2D eigenvalue weighted by Gasteiger charge is -2.07. The van der Waals surface area contributed by atoms with Gasteiger partial charge in [-0.3, -0.25) is 0 Å². The SMILES string of the molecule is C1CCCCOCCCC1. The van der Waals surface area contributed by atoms with E-state index in [0.717, 1.165) is 13.2 Å². The molecule has 0 radical (unpaired) electrons. The second kappa shape index (κ2) is 5.72. The van der Waals surface area contributed by atoms with Gasteiger partial charge in [-0.05, 0) is 12.8 Å². The minimum atomic E-state index is 1.00. The summed E-state index contributed by atoms with van der Waals surface area (Å²) in [5.41, 5.74) is 0. The predicted octanol–water partition coefficient (Wildman–Crippen LogP) is 2.75. The van der Waals surface area contributed by atoms with Crippen molar-refractivity contribution in [2.24, 2.45) is 0 Å². The van der Waals surface area contributed by atoms with E-state index in [1.165, 1.54) is 44.9 Å². The van der Waals surface area contributed by atoms with Crippen molar-refractivity contribution in [1.29, 1.82) is 0 Å². The molecule has 0 aromatic carbocycles. The molecular weight excluding hydrogens is 124 g/mol. The van der Waals surface area contributed by atoms with Crippen molar-refractivity contribution in [3.05, 3.63) is 0 Å². The van der Waals surface area contributed by atoms with Crippen molar-refractivity contribution in [3.63, 3.8) is 0 Å². The molecule has 1 aliphatic rings. The van der Waals surface area contributed by atoms with E-state index >= 15 is 0 Å². The average Bonchev–Trinajstić information content (AvgIpc) is 2.01. The Morgan fingerprint density at radius 3 is 1.40 bits per heavy atom. The molecule has 60 valence electrons. The first-order valence-corrected chi connectivity index (χ1v) is 4.58. The van der Waals surface area contributed by atoms with Crippen LogP contribution in [0.4, 0.5) is 0 Å². The fourth-order valence-electron chi connectivity index (χ4n) is 1.39. The van der Waals surface area contributed by atoms with Gasteiger partial charge < -0.3 is 4.74 Å². The molecule has 10 heavy (non-hydrogen) atoms. The standard InChI is InChI=1S/C9H18O/c1-2-4-6-8-10-9-7-5-3-1/h1-9H2. The number of ether oxygens (including phenoxy) is 1. The fourth-order valence-corrected chi connectivity index (χ4v) is 1.39. The summed E-state index contributed by atoms with van der Waals surface area (Å²) in [6.07, 6.45) is 9.59. The van der Waals surface area contributed by atoms with Crippen LogP contribution in [-0.2, 0) is 4.74 Å². The third kappa shape index (κ3) is 3.89. The van der Waals surface area contributed by atoms with Crippen LogP contribution in [0.25, 0.3) is 0 Å². The Balaban J connectivity index is 2.00. The van der Waals surface area contributed by atoms with Gasteiger partial charge in [0.1, 0.15) is 0 Å². The summed E-state index contributed by atoms with van der Waals surface area (Å²) >= 11 is 0. The van der Waals surface area contributed by atoms with Crippen LogP contribution in [0.3, 0.4) is 0 Å². The van der Waals surface area contributed by atoms with Crippen LogP contribution in [-0.4, -0.2) is 13.2 Å². The summed E-state index contributed by atoms with van der Waals surface area (Å²) in [6, 6.07) is 0. The van der Waals surface area contributed by atoms with Gasteiger partial charge in [0.05, 0.1) is 0 Å². The molecule has 0 unspecified atom stereocenters. The Morgan fingerprint density at radius 2 is 0.900 bits per heavy atom. The molecule has 1 fully saturated rings. The Morgan fingerprint density at radius 1 is 0.500 bits per heavy atom. The minimum absolute atomic E-state index is 1.00. The molecule has 0 aromatic rings. The van der Waals surface area contributed by atoms with E-state index < -0.39 is 0 Å². The molecule has 0 saturated carbocycles. The Hall–Kier alpha value is -0.0400. The van der Waals surface area contributed by atoms with Crippen LogP contribution in [0.5, 0.6) is 0 Å². The Bertz CT molecular complexity index is 37.9. The first kappa shape index (κ1) is 8.06. The van der Waals surface area contributed by atoms with E-state index in [9.17, 15) is 0 Å². The zero-order valence-electron chi connectivity index (χ0n) is 6.77. The molecule has 0 amide bonds. The zero-order valence-corrected chi connectivity index (χ0v) is 6.77. The van der Waals surface area contributed by atoms with Crippen molar-refractivity contribution < 1.29 is 4.74 Å². The van der Waals surface area contributed by atoms with Gasteiger partial charge in [0.15, 0.2) is 0 Å². The van der Waals surface area contributed by atoms with Gasteiger partial charge in [-0.2, -0.15) is 0 Å². The zero-order chi connectivity index (χ0) is 7.07.